The molecule has 0 aliphatic carbocycles. The van der Waals surface area contributed by atoms with Gasteiger partial charge in [-0.3, -0.25) is 0 Å². The minimum absolute atomic E-state index is 0.00586. The molecular weight excluding hydrogens is 272 g/mol. The fraction of sp³-hybridized carbons (Fsp3) is 0.438. The second-order valence-electron chi connectivity index (χ2n) is 4.94. The van der Waals surface area contributed by atoms with E-state index in [0.29, 0.717) is 5.15 Å². The van der Waals surface area contributed by atoms with Gasteiger partial charge in [-0.05, 0) is 37.5 Å². The molecule has 3 rings (SSSR count). The van der Waals surface area contributed by atoms with Crippen LogP contribution in [0.1, 0.15) is 44.4 Å². The van der Waals surface area contributed by atoms with E-state index in [1.165, 1.54) is 6.42 Å². The maximum atomic E-state index is 6.27. The van der Waals surface area contributed by atoms with Crippen LogP contribution in [0.5, 0.6) is 0 Å². The Labute approximate surface area is 123 Å². The molecule has 1 aromatic heterocycles. The van der Waals surface area contributed by atoms with Gasteiger partial charge in [0.05, 0.1) is 5.52 Å². The number of ether oxygens (including phenoxy) is 1. The molecule has 1 aliphatic rings. The standard InChI is InChI=1S/C16H17ClN2O/c1-2-3-6-12-8-9-14-13(11-12)16(17)18-19(14)15-7-4-5-10-20-15/h8-9,11,15H,2,4-5,7,10H2,1H3. The maximum Gasteiger partial charge on any atom is 0.159 e. The minimum Gasteiger partial charge on any atom is -0.356 e. The van der Waals surface area contributed by atoms with Crippen LogP contribution >= 0.6 is 11.6 Å². The van der Waals surface area contributed by atoms with Crippen molar-refractivity contribution in [2.24, 2.45) is 0 Å². The second-order valence-corrected chi connectivity index (χ2v) is 5.30. The molecule has 0 amide bonds. The lowest BCUT2D eigenvalue weighted by atomic mass is 10.1. The highest BCUT2D eigenvalue weighted by Crippen LogP contribution is 2.30. The predicted molar refractivity (Wildman–Crippen MR) is 80.8 cm³/mol. The van der Waals surface area contributed by atoms with Crippen molar-refractivity contribution in [2.75, 3.05) is 6.61 Å². The van der Waals surface area contributed by atoms with Gasteiger partial charge < -0.3 is 4.74 Å². The molecule has 0 radical (unpaired) electrons. The molecule has 1 unspecified atom stereocenters. The summed E-state index contributed by atoms with van der Waals surface area (Å²) in [4.78, 5) is 0. The molecule has 2 heterocycles. The zero-order valence-corrected chi connectivity index (χ0v) is 12.3. The summed E-state index contributed by atoms with van der Waals surface area (Å²) in [6.07, 6.45) is 4.14. The summed E-state index contributed by atoms with van der Waals surface area (Å²) in [5, 5.41) is 5.91. The van der Waals surface area contributed by atoms with Gasteiger partial charge >= 0.3 is 0 Å². The molecule has 2 aromatic rings. The lowest BCUT2D eigenvalue weighted by Crippen LogP contribution is -2.19. The fourth-order valence-corrected chi connectivity index (χ4v) is 2.74. The minimum atomic E-state index is 0.00586. The lowest BCUT2D eigenvalue weighted by Gasteiger charge is -2.23. The SMILES string of the molecule is CCC#Cc1ccc2c(c1)c(Cl)nn2C1CCCCO1. The molecule has 0 bridgehead atoms. The van der Waals surface area contributed by atoms with Gasteiger partial charge in [-0.1, -0.05) is 30.4 Å². The highest BCUT2D eigenvalue weighted by molar-refractivity contribution is 6.34. The number of hydrogen-bond donors (Lipinski definition) is 0. The Morgan fingerprint density at radius 1 is 1.45 bits per heavy atom. The van der Waals surface area contributed by atoms with Gasteiger partial charge in [-0.2, -0.15) is 5.10 Å². The van der Waals surface area contributed by atoms with Crippen LogP contribution in [0.25, 0.3) is 10.9 Å². The zero-order valence-electron chi connectivity index (χ0n) is 11.5. The van der Waals surface area contributed by atoms with Crippen molar-refractivity contribution in [3.05, 3.63) is 28.9 Å². The van der Waals surface area contributed by atoms with Gasteiger partial charge in [0.25, 0.3) is 0 Å². The Balaban J connectivity index is 2.02. The smallest absolute Gasteiger partial charge is 0.159 e. The van der Waals surface area contributed by atoms with Crippen LogP contribution in [0.15, 0.2) is 18.2 Å². The first-order chi connectivity index (χ1) is 9.79. The van der Waals surface area contributed by atoms with E-state index in [1.54, 1.807) is 0 Å². The summed E-state index contributed by atoms with van der Waals surface area (Å²) in [7, 11) is 0. The summed E-state index contributed by atoms with van der Waals surface area (Å²) in [6, 6.07) is 6.06. The van der Waals surface area contributed by atoms with Crippen LogP contribution in [0.2, 0.25) is 5.15 Å². The van der Waals surface area contributed by atoms with Gasteiger partial charge in [-0.15, -0.1) is 0 Å². The van der Waals surface area contributed by atoms with Crippen LogP contribution in [0.4, 0.5) is 0 Å². The number of benzene rings is 1. The Bertz CT molecular complexity index is 675. The number of hydrogen-bond acceptors (Lipinski definition) is 2. The summed E-state index contributed by atoms with van der Waals surface area (Å²) >= 11 is 6.27. The van der Waals surface area contributed by atoms with E-state index in [2.05, 4.69) is 16.9 Å². The van der Waals surface area contributed by atoms with Crippen LogP contribution in [-0.2, 0) is 4.74 Å². The summed E-state index contributed by atoms with van der Waals surface area (Å²) < 4.78 is 7.70. The molecule has 1 fully saturated rings. The molecular formula is C16H17ClN2O. The molecule has 0 spiro atoms. The number of fused-ring (bicyclic) bond motifs is 1. The molecule has 1 saturated heterocycles. The van der Waals surface area contributed by atoms with Gasteiger partial charge in [-0.25, -0.2) is 4.68 Å². The van der Waals surface area contributed by atoms with E-state index in [9.17, 15) is 0 Å². The van der Waals surface area contributed by atoms with Gasteiger partial charge in [0.1, 0.15) is 0 Å². The maximum absolute atomic E-state index is 6.27. The highest BCUT2D eigenvalue weighted by atomic mass is 35.5. The monoisotopic (exact) mass is 288 g/mol. The quantitative estimate of drug-likeness (QED) is 0.737. The van der Waals surface area contributed by atoms with E-state index in [4.69, 9.17) is 16.3 Å². The summed E-state index contributed by atoms with van der Waals surface area (Å²) in [6.45, 7) is 2.83. The van der Waals surface area contributed by atoms with Gasteiger partial charge in [0.2, 0.25) is 0 Å². The van der Waals surface area contributed by atoms with Crippen LogP contribution < -0.4 is 0 Å². The highest BCUT2D eigenvalue weighted by Gasteiger charge is 2.20. The predicted octanol–water partition coefficient (Wildman–Crippen LogP) is 4.15. The van der Waals surface area contributed by atoms with Crippen molar-refractivity contribution < 1.29 is 4.74 Å². The largest absolute Gasteiger partial charge is 0.356 e. The van der Waals surface area contributed by atoms with E-state index in [0.717, 1.165) is 42.3 Å². The summed E-state index contributed by atoms with van der Waals surface area (Å²) in [5.41, 5.74) is 1.99. The average Bonchev–Trinajstić information content (AvgIpc) is 2.83. The third-order valence-corrected chi connectivity index (χ3v) is 3.78. The van der Waals surface area contributed by atoms with E-state index in [-0.39, 0.29) is 6.23 Å². The second kappa shape index (κ2) is 5.87. The third kappa shape index (κ3) is 2.54. The molecule has 0 saturated carbocycles. The van der Waals surface area contributed by atoms with Crippen molar-refractivity contribution in [1.29, 1.82) is 0 Å². The Morgan fingerprint density at radius 2 is 2.35 bits per heavy atom. The van der Waals surface area contributed by atoms with Crippen molar-refractivity contribution >= 4 is 22.5 Å². The van der Waals surface area contributed by atoms with Crippen LogP contribution in [0, 0.1) is 11.8 Å². The molecule has 104 valence electrons. The van der Waals surface area contributed by atoms with Crippen molar-refractivity contribution in [1.82, 2.24) is 9.78 Å². The number of nitrogens with zero attached hydrogens (tertiary/aromatic N) is 2. The average molecular weight is 289 g/mol. The Morgan fingerprint density at radius 3 is 3.10 bits per heavy atom. The fourth-order valence-electron chi connectivity index (χ4n) is 2.51. The Kier molecular flexibility index (Phi) is 3.95. The third-order valence-electron chi connectivity index (χ3n) is 3.50. The van der Waals surface area contributed by atoms with Crippen molar-refractivity contribution in [3.8, 4) is 11.8 Å². The molecule has 4 heteroatoms. The molecule has 0 N–H and O–H groups in total. The summed E-state index contributed by atoms with van der Waals surface area (Å²) in [5.74, 6) is 6.20. The number of halogens is 1. The molecule has 1 atom stereocenters. The molecule has 1 aromatic carbocycles. The first-order valence-electron chi connectivity index (χ1n) is 7.08. The Hall–Kier alpha value is -1.50. The number of rotatable bonds is 1. The normalized spacial score (nSPS) is 18.8. The zero-order chi connectivity index (χ0) is 13.9. The lowest BCUT2D eigenvalue weighted by molar-refractivity contribution is -0.0366. The molecule has 20 heavy (non-hydrogen) atoms. The van der Waals surface area contributed by atoms with E-state index in [1.807, 2.05) is 29.8 Å². The number of aromatic nitrogens is 2. The topological polar surface area (TPSA) is 27.1 Å². The van der Waals surface area contributed by atoms with Gasteiger partial charge in [0.15, 0.2) is 11.4 Å². The van der Waals surface area contributed by atoms with Crippen molar-refractivity contribution in [2.45, 2.75) is 38.8 Å². The van der Waals surface area contributed by atoms with Crippen molar-refractivity contribution in [3.63, 3.8) is 0 Å². The van der Waals surface area contributed by atoms with Crippen LogP contribution in [0.3, 0.4) is 0 Å². The van der Waals surface area contributed by atoms with E-state index >= 15 is 0 Å². The first-order valence-corrected chi connectivity index (χ1v) is 7.45. The molecule has 3 nitrogen and oxygen atoms in total. The first kappa shape index (κ1) is 13.5. The molecule has 1 aliphatic heterocycles. The van der Waals surface area contributed by atoms with Gasteiger partial charge in [0, 0.05) is 24.0 Å². The van der Waals surface area contributed by atoms with Crippen LogP contribution in [-0.4, -0.2) is 16.4 Å². The van der Waals surface area contributed by atoms with E-state index < -0.39 is 0 Å².